The zero-order valence-corrected chi connectivity index (χ0v) is 15.0. The third-order valence-corrected chi connectivity index (χ3v) is 4.64. The first-order valence-corrected chi connectivity index (χ1v) is 8.70. The number of ether oxygens (including phenoxy) is 1. The molecule has 0 radical (unpaired) electrons. The maximum absolute atomic E-state index is 12.4. The summed E-state index contributed by atoms with van der Waals surface area (Å²) in [5.41, 5.74) is 5.13. The second-order valence-electron chi connectivity index (χ2n) is 6.63. The molecule has 5 nitrogen and oxygen atoms in total. The van der Waals surface area contributed by atoms with Crippen LogP contribution in [0.1, 0.15) is 56.1 Å². The first-order chi connectivity index (χ1) is 12.0. The topological polar surface area (TPSA) is 71.2 Å². The molecule has 1 aromatic heterocycles. The molecule has 0 fully saturated rings. The maximum atomic E-state index is 12.4. The van der Waals surface area contributed by atoms with E-state index in [4.69, 9.17) is 4.74 Å². The Morgan fingerprint density at radius 3 is 2.76 bits per heavy atom. The summed E-state index contributed by atoms with van der Waals surface area (Å²) in [5.74, 6) is 0.771. The van der Waals surface area contributed by atoms with Gasteiger partial charge < -0.3 is 15.0 Å². The Kier molecular flexibility index (Phi) is 4.93. The summed E-state index contributed by atoms with van der Waals surface area (Å²) in [5, 5.41) is 2.86. The molecular weight excluding hydrogens is 316 g/mol. The van der Waals surface area contributed by atoms with Crippen LogP contribution in [0.5, 0.6) is 5.75 Å². The van der Waals surface area contributed by atoms with E-state index in [0.29, 0.717) is 30.8 Å². The predicted octanol–water partition coefficient (Wildman–Crippen LogP) is 3.27. The van der Waals surface area contributed by atoms with Crippen molar-refractivity contribution in [2.45, 2.75) is 40.0 Å². The van der Waals surface area contributed by atoms with E-state index >= 15 is 0 Å². The number of carbonyl (C=O) groups excluding carboxylic acids is 2. The van der Waals surface area contributed by atoms with Crippen LogP contribution in [-0.2, 0) is 6.42 Å². The summed E-state index contributed by atoms with van der Waals surface area (Å²) >= 11 is 0. The molecule has 2 N–H and O–H groups in total. The van der Waals surface area contributed by atoms with E-state index < -0.39 is 0 Å². The van der Waals surface area contributed by atoms with Crippen molar-refractivity contribution in [3.05, 3.63) is 51.8 Å². The third kappa shape index (κ3) is 3.60. The standard InChI is InChI=1S/C20H24N2O3/c1-12-7-8-17(13(2)11-12)25-10-9-21-20(24)19-14(3)18-15(22-19)5-4-6-16(18)23/h7-8,11,22H,4-6,9-10H2,1-3H3,(H,21,24). The summed E-state index contributed by atoms with van der Waals surface area (Å²) in [6.07, 6.45) is 2.23. The monoisotopic (exact) mass is 340 g/mol. The molecule has 0 aliphatic heterocycles. The molecule has 0 unspecified atom stereocenters. The SMILES string of the molecule is Cc1ccc(OCCNC(=O)c2[nH]c3c(c2C)C(=O)CCC3)c(C)c1. The van der Waals surface area contributed by atoms with Crippen LogP contribution < -0.4 is 10.1 Å². The van der Waals surface area contributed by atoms with Crippen molar-refractivity contribution in [1.82, 2.24) is 10.3 Å². The number of aromatic nitrogens is 1. The molecule has 132 valence electrons. The fraction of sp³-hybridized carbons (Fsp3) is 0.400. The molecule has 0 bridgehead atoms. The fourth-order valence-electron chi connectivity index (χ4n) is 3.38. The molecule has 1 heterocycles. The third-order valence-electron chi connectivity index (χ3n) is 4.64. The highest BCUT2D eigenvalue weighted by molar-refractivity contribution is 6.04. The van der Waals surface area contributed by atoms with E-state index in [1.54, 1.807) is 0 Å². The van der Waals surface area contributed by atoms with Gasteiger partial charge in [0, 0.05) is 17.7 Å². The quantitative estimate of drug-likeness (QED) is 0.821. The lowest BCUT2D eigenvalue weighted by Crippen LogP contribution is -2.29. The van der Waals surface area contributed by atoms with Crippen LogP contribution in [0, 0.1) is 20.8 Å². The van der Waals surface area contributed by atoms with Crippen molar-refractivity contribution in [3.63, 3.8) is 0 Å². The van der Waals surface area contributed by atoms with Gasteiger partial charge in [-0.1, -0.05) is 17.7 Å². The number of hydrogen-bond acceptors (Lipinski definition) is 3. The number of Topliss-reactive ketones (excluding diaryl/α,β-unsaturated/α-hetero) is 1. The minimum Gasteiger partial charge on any atom is -0.491 e. The van der Waals surface area contributed by atoms with E-state index in [-0.39, 0.29) is 11.7 Å². The number of fused-ring (bicyclic) bond motifs is 1. The summed E-state index contributed by atoms with van der Waals surface area (Å²) in [4.78, 5) is 27.6. The van der Waals surface area contributed by atoms with E-state index in [2.05, 4.69) is 16.4 Å². The molecular formula is C20H24N2O3. The van der Waals surface area contributed by atoms with Crippen molar-refractivity contribution in [1.29, 1.82) is 0 Å². The van der Waals surface area contributed by atoms with Crippen LogP contribution in [0.4, 0.5) is 0 Å². The number of benzene rings is 1. The molecule has 2 aromatic rings. The molecule has 25 heavy (non-hydrogen) atoms. The number of aromatic amines is 1. The van der Waals surface area contributed by atoms with Crippen LogP contribution in [0.3, 0.4) is 0 Å². The fourth-order valence-corrected chi connectivity index (χ4v) is 3.38. The number of aryl methyl sites for hydroxylation is 3. The number of H-pyrrole nitrogens is 1. The highest BCUT2D eigenvalue weighted by atomic mass is 16.5. The molecule has 0 saturated heterocycles. The second-order valence-corrected chi connectivity index (χ2v) is 6.63. The van der Waals surface area contributed by atoms with Gasteiger partial charge >= 0.3 is 0 Å². The largest absolute Gasteiger partial charge is 0.491 e. The van der Waals surface area contributed by atoms with Gasteiger partial charge in [-0.15, -0.1) is 0 Å². The predicted molar refractivity (Wildman–Crippen MR) is 96.5 cm³/mol. The Bertz CT molecular complexity index is 821. The van der Waals surface area contributed by atoms with Gasteiger partial charge in [0.1, 0.15) is 18.1 Å². The molecule has 1 aliphatic rings. The highest BCUT2D eigenvalue weighted by Gasteiger charge is 2.26. The zero-order chi connectivity index (χ0) is 18.0. The van der Waals surface area contributed by atoms with Crippen LogP contribution >= 0.6 is 0 Å². The molecule has 1 aliphatic carbocycles. The number of hydrogen-bond donors (Lipinski definition) is 2. The maximum Gasteiger partial charge on any atom is 0.268 e. The molecule has 5 heteroatoms. The normalized spacial score (nSPS) is 13.5. The summed E-state index contributed by atoms with van der Waals surface area (Å²) < 4.78 is 5.73. The van der Waals surface area contributed by atoms with Crippen LogP contribution in [0.15, 0.2) is 18.2 Å². The van der Waals surface area contributed by atoms with Crippen LogP contribution in [0.25, 0.3) is 0 Å². The highest BCUT2D eigenvalue weighted by Crippen LogP contribution is 2.26. The first kappa shape index (κ1) is 17.3. The zero-order valence-electron chi connectivity index (χ0n) is 15.0. The van der Waals surface area contributed by atoms with Gasteiger partial charge in [-0.05, 0) is 50.8 Å². The number of amides is 1. The summed E-state index contributed by atoms with van der Waals surface area (Å²) in [7, 11) is 0. The molecule has 0 atom stereocenters. The minimum atomic E-state index is -0.191. The van der Waals surface area contributed by atoms with E-state index in [1.807, 2.05) is 32.9 Å². The minimum absolute atomic E-state index is 0.132. The lowest BCUT2D eigenvalue weighted by Gasteiger charge is -2.10. The van der Waals surface area contributed by atoms with Gasteiger partial charge in [-0.3, -0.25) is 9.59 Å². The van der Waals surface area contributed by atoms with Crippen molar-refractivity contribution in [3.8, 4) is 5.75 Å². The Labute approximate surface area is 147 Å². The lowest BCUT2D eigenvalue weighted by molar-refractivity contribution is 0.0941. The molecule has 1 amide bonds. The molecule has 3 rings (SSSR count). The average Bonchev–Trinajstić information content (AvgIpc) is 2.91. The van der Waals surface area contributed by atoms with Gasteiger partial charge in [-0.25, -0.2) is 0 Å². The number of carbonyl (C=O) groups is 2. The van der Waals surface area contributed by atoms with Crippen molar-refractivity contribution < 1.29 is 14.3 Å². The Hall–Kier alpha value is -2.56. The van der Waals surface area contributed by atoms with Gasteiger partial charge in [-0.2, -0.15) is 0 Å². The smallest absolute Gasteiger partial charge is 0.268 e. The molecule has 0 spiro atoms. The van der Waals surface area contributed by atoms with Crippen LogP contribution in [-0.4, -0.2) is 29.8 Å². The number of ketones is 1. The van der Waals surface area contributed by atoms with Gasteiger partial charge in [0.15, 0.2) is 5.78 Å². The van der Waals surface area contributed by atoms with Crippen molar-refractivity contribution in [2.75, 3.05) is 13.2 Å². The molecule has 1 aromatic carbocycles. The van der Waals surface area contributed by atoms with E-state index in [9.17, 15) is 9.59 Å². The van der Waals surface area contributed by atoms with Gasteiger partial charge in [0.25, 0.3) is 5.91 Å². The lowest BCUT2D eigenvalue weighted by atomic mass is 9.94. The Balaban J connectivity index is 1.57. The van der Waals surface area contributed by atoms with Crippen LogP contribution in [0.2, 0.25) is 0 Å². The molecule has 0 saturated carbocycles. The van der Waals surface area contributed by atoms with E-state index in [0.717, 1.165) is 35.4 Å². The second kappa shape index (κ2) is 7.13. The summed E-state index contributed by atoms with van der Waals surface area (Å²) in [6.45, 7) is 6.68. The van der Waals surface area contributed by atoms with E-state index in [1.165, 1.54) is 5.56 Å². The number of nitrogens with one attached hydrogen (secondary N) is 2. The Morgan fingerprint density at radius 2 is 2.04 bits per heavy atom. The van der Waals surface area contributed by atoms with Crippen molar-refractivity contribution >= 4 is 11.7 Å². The van der Waals surface area contributed by atoms with Crippen molar-refractivity contribution in [2.24, 2.45) is 0 Å². The average molecular weight is 340 g/mol. The Morgan fingerprint density at radius 1 is 1.24 bits per heavy atom. The van der Waals surface area contributed by atoms with Gasteiger partial charge in [0.05, 0.1) is 6.54 Å². The number of rotatable bonds is 5. The first-order valence-electron chi connectivity index (χ1n) is 8.70. The van der Waals surface area contributed by atoms with Gasteiger partial charge in [0.2, 0.25) is 0 Å². The summed E-state index contributed by atoms with van der Waals surface area (Å²) in [6, 6.07) is 6.02.